The maximum Gasteiger partial charge on any atom is 0.407 e. The van der Waals surface area contributed by atoms with Crippen LogP contribution in [0.15, 0.2) is 35.3 Å². The maximum absolute atomic E-state index is 12.3. The van der Waals surface area contributed by atoms with Crippen molar-refractivity contribution in [3.05, 3.63) is 40.8 Å². The molecule has 1 aromatic rings. The van der Waals surface area contributed by atoms with Crippen molar-refractivity contribution in [2.45, 2.75) is 18.9 Å². The summed E-state index contributed by atoms with van der Waals surface area (Å²) < 4.78 is 4.50. The molecule has 136 valence electrons. The van der Waals surface area contributed by atoms with E-state index in [1.807, 2.05) is 0 Å². The van der Waals surface area contributed by atoms with E-state index in [0.29, 0.717) is 6.42 Å². The van der Waals surface area contributed by atoms with Crippen molar-refractivity contribution >= 4 is 23.6 Å². The first-order valence-electron chi connectivity index (χ1n) is 7.56. The normalized spacial score (nSPS) is 11.6. The van der Waals surface area contributed by atoms with Crippen LogP contribution in [0.3, 0.4) is 0 Å². The number of carbonyl (C=O) groups excluding carboxylic acids is 3. The quantitative estimate of drug-likeness (QED) is 0.617. The summed E-state index contributed by atoms with van der Waals surface area (Å²) in [6, 6.07) is 2.09. The van der Waals surface area contributed by atoms with Gasteiger partial charge in [-0.1, -0.05) is 6.08 Å². The Kier molecular flexibility index (Phi) is 7.91. The average molecular weight is 350 g/mol. The summed E-state index contributed by atoms with van der Waals surface area (Å²) in [5.74, 6) is -0.743. The van der Waals surface area contributed by atoms with E-state index < -0.39 is 23.6 Å². The summed E-state index contributed by atoms with van der Waals surface area (Å²) >= 11 is 0. The number of allylic oxidation sites excluding steroid dienone is 1. The predicted molar refractivity (Wildman–Crippen MR) is 92.1 cm³/mol. The lowest BCUT2D eigenvalue weighted by atomic mass is 10.1. The molecule has 0 saturated carbocycles. The van der Waals surface area contributed by atoms with Gasteiger partial charge in [0, 0.05) is 20.3 Å². The minimum absolute atomic E-state index is 0.0718. The Morgan fingerprint density at radius 1 is 1.36 bits per heavy atom. The molecule has 0 bridgehead atoms. The zero-order chi connectivity index (χ0) is 18.8. The number of alkyl carbamates (subject to hydrolysis) is 1. The molecule has 1 atom stereocenters. The number of rotatable bonds is 7. The number of hydrogen-bond donors (Lipinski definition) is 3. The fourth-order valence-electron chi connectivity index (χ4n) is 1.81. The van der Waals surface area contributed by atoms with E-state index in [-0.39, 0.29) is 18.0 Å². The van der Waals surface area contributed by atoms with Gasteiger partial charge in [0.1, 0.15) is 11.7 Å². The van der Waals surface area contributed by atoms with Gasteiger partial charge in [-0.3, -0.25) is 14.4 Å². The van der Waals surface area contributed by atoms with Gasteiger partial charge in [-0.25, -0.2) is 4.79 Å². The monoisotopic (exact) mass is 350 g/mol. The number of amides is 3. The van der Waals surface area contributed by atoms with E-state index in [0.717, 1.165) is 0 Å². The van der Waals surface area contributed by atoms with Crippen molar-refractivity contribution in [1.82, 2.24) is 15.2 Å². The smallest absolute Gasteiger partial charge is 0.407 e. The van der Waals surface area contributed by atoms with Gasteiger partial charge in [-0.2, -0.15) is 0 Å². The molecular formula is C16H22N4O5. The zero-order valence-electron chi connectivity index (χ0n) is 14.4. The molecule has 9 heteroatoms. The van der Waals surface area contributed by atoms with Crippen LogP contribution in [0.25, 0.3) is 0 Å². The van der Waals surface area contributed by atoms with Gasteiger partial charge in [0.05, 0.1) is 7.11 Å². The molecule has 1 rings (SSSR count). The number of methoxy groups -OCH3 is 1. The molecule has 25 heavy (non-hydrogen) atoms. The molecule has 0 fully saturated rings. The highest BCUT2D eigenvalue weighted by Gasteiger charge is 2.21. The number of H-pyrrole nitrogens is 1. The van der Waals surface area contributed by atoms with E-state index in [9.17, 15) is 19.2 Å². The fraction of sp³-hybridized carbons (Fsp3) is 0.375. The van der Waals surface area contributed by atoms with Gasteiger partial charge >= 0.3 is 6.09 Å². The highest BCUT2D eigenvalue weighted by molar-refractivity contribution is 5.96. The highest BCUT2D eigenvalue weighted by Crippen LogP contribution is 2.04. The highest BCUT2D eigenvalue weighted by atomic mass is 16.5. The number of ether oxygens (including phenoxy) is 1. The molecule has 0 aromatic carbocycles. The first-order chi connectivity index (χ1) is 11.8. The van der Waals surface area contributed by atoms with Crippen molar-refractivity contribution in [2.24, 2.45) is 0 Å². The molecule has 0 spiro atoms. The Bertz CT molecular complexity index is 696. The first-order valence-corrected chi connectivity index (χ1v) is 7.56. The molecule has 0 radical (unpaired) electrons. The maximum atomic E-state index is 12.3. The number of pyridine rings is 1. The minimum atomic E-state index is -0.925. The van der Waals surface area contributed by atoms with Crippen LogP contribution < -0.4 is 16.2 Å². The van der Waals surface area contributed by atoms with Crippen molar-refractivity contribution in [2.75, 3.05) is 26.5 Å². The van der Waals surface area contributed by atoms with E-state index in [1.165, 1.54) is 30.3 Å². The molecule has 0 aliphatic carbocycles. The number of nitrogens with one attached hydrogen (secondary N) is 3. The van der Waals surface area contributed by atoms with E-state index >= 15 is 0 Å². The van der Waals surface area contributed by atoms with Crippen LogP contribution in [0.4, 0.5) is 10.5 Å². The summed E-state index contributed by atoms with van der Waals surface area (Å²) in [6.07, 6.45) is 4.26. The summed E-state index contributed by atoms with van der Waals surface area (Å²) in [5, 5.41) is 4.86. The van der Waals surface area contributed by atoms with Gasteiger partial charge < -0.3 is 25.3 Å². The third kappa shape index (κ3) is 6.90. The number of carbonyl (C=O) groups is 3. The van der Waals surface area contributed by atoms with Crippen LogP contribution >= 0.6 is 0 Å². The predicted octanol–water partition coefficient (Wildman–Crippen LogP) is 0.463. The second-order valence-electron chi connectivity index (χ2n) is 5.30. The summed E-state index contributed by atoms with van der Waals surface area (Å²) in [7, 11) is 4.43. The van der Waals surface area contributed by atoms with Crippen LogP contribution in [-0.4, -0.2) is 55.0 Å². The summed E-state index contributed by atoms with van der Waals surface area (Å²) in [4.78, 5) is 50.7. The van der Waals surface area contributed by atoms with Gasteiger partial charge in [-0.05, 0) is 31.1 Å². The topological polar surface area (TPSA) is 121 Å². The van der Waals surface area contributed by atoms with Gasteiger partial charge in [0.2, 0.25) is 11.8 Å². The second-order valence-corrected chi connectivity index (χ2v) is 5.30. The van der Waals surface area contributed by atoms with Crippen molar-refractivity contribution in [3.63, 3.8) is 0 Å². The number of hydrogen-bond acceptors (Lipinski definition) is 5. The van der Waals surface area contributed by atoms with Crippen LogP contribution in [0, 0.1) is 0 Å². The van der Waals surface area contributed by atoms with Gasteiger partial charge in [-0.15, -0.1) is 0 Å². The Labute approximate surface area is 145 Å². The lowest BCUT2D eigenvalue weighted by molar-refractivity contribution is -0.123. The number of likely N-dealkylation sites (N-methyl/N-ethyl adjacent to an activating group) is 1. The Morgan fingerprint density at radius 2 is 2.08 bits per heavy atom. The molecular weight excluding hydrogens is 328 g/mol. The molecule has 3 N–H and O–H groups in total. The second kappa shape index (κ2) is 9.91. The van der Waals surface area contributed by atoms with Crippen molar-refractivity contribution in [3.8, 4) is 0 Å². The third-order valence-electron chi connectivity index (χ3n) is 3.19. The molecule has 1 aromatic heterocycles. The number of anilines is 1. The first kappa shape index (κ1) is 19.9. The molecule has 3 amide bonds. The van der Waals surface area contributed by atoms with Crippen molar-refractivity contribution < 1.29 is 19.1 Å². The summed E-state index contributed by atoms with van der Waals surface area (Å²) in [5.41, 5.74) is -0.383. The molecule has 0 aliphatic rings. The Balaban J connectivity index is 2.73. The molecule has 0 unspecified atom stereocenters. The lowest BCUT2D eigenvalue weighted by Gasteiger charge is -2.16. The molecule has 0 saturated heterocycles. The lowest BCUT2D eigenvalue weighted by Crippen LogP contribution is -2.44. The Hall–Kier alpha value is -3.10. The number of aromatic nitrogens is 1. The molecule has 9 nitrogen and oxygen atoms in total. The average Bonchev–Trinajstić information content (AvgIpc) is 2.58. The van der Waals surface area contributed by atoms with Gasteiger partial charge in [0.25, 0.3) is 5.56 Å². The minimum Gasteiger partial charge on any atom is -0.453 e. The zero-order valence-corrected chi connectivity index (χ0v) is 14.4. The SMILES string of the molecule is COC(=O)N[C@@H](CC/C=C/C(=O)N(C)C)C(=O)Nc1ccc[nH]c1=O. The molecule has 1 heterocycles. The van der Waals surface area contributed by atoms with Crippen LogP contribution in [-0.2, 0) is 14.3 Å². The summed E-state index contributed by atoms with van der Waals surface area (Å²) in [6.45, 7) is 0. The van der Waals surface area contributed by atoms with Crippen LogP contribution in [0.1, 0.15) is 12.8 Å². The number of aromatic amines is 1. The van der Waals surface area contributed by atoms with E-state index in [2.05, 4.69) is 20.4 Å². The fourth-order valence-corrected chi connectivity index (χ4v) is 1.81. The van der Waals surface area contributed by atoms with Crippen LogP contribution in [0.2, 0.25) is 0 Å². The third-order valence-corrected chi connectivity index (χ3v) is 3.19. The Morgan fingerprint density at radius 3 is 2.68 bits per heavy atom. The van der Waals surface area contributed by atoms with Crippen molar-refractivity contribution in [1.29, 1.82) is 0 Å². The number of nitrogens with zero attached hydrogens (tertiary/aromatic N) is 1. The van der Waals surface area contributed by atoms with Crippen LogP contribution in [0.5, 0.6) is 0 Å². The van der Waals surface area contributed by atoms with Gasteiger partial charge in [0.15, 0.2) is 0 Å². The standard InChI is InChI=1S/C16H22N4O5/c1-20(2)13(21)9-5-4-7-12(19-16(24)25-3)15(23)18-11-8-6-10-17-14(11)22/h5-6,8-10,12H,4,7H2,1-3H3,(H,17,22)(H,18,23)(H,19,24)/b9-5+/t12-/m0/s1. The molecule has 0 aliphatic heterocycles. The van der Waals surface area contributed by atoms with E-state index in [1.54, 1.807) is 26.2 Å². The van der Waals surface area contributed by atoms with E-state index in [4.69, 9.17) is 0 Å². The largest absolute Gasteiger partial charge is 0.453 e.